The molecule has 0 saturated carbocycles. The fourth-order valence-electron chi connectivity index (χ4n) is 2.05. The fraction of sp³-hybridized carbons (Fsp3) is 0.471. The summed E-state index contributed by atoms with van der Waals surface area (Å²) in [7, 11) is 0. The summed E-state index contributed by atoms with van der Waals surface area (Å²) in [4.78, 5) is 0. The van der Waals surface area contributed by atoms with E-state index in [1.807, 2.05) is 25.3 Å². The molecule has 0 aliphatic heterocycles. The van der Waals surface area contributed by atoms with E-state index >= 15 is 0 Å². The molecule has 1 unspecified atom stereocenters. The van der Waals surface area contributed by atoms with E-state index in [9.17, 15) is 0 Å². The Labute approximate surface area is 126 Å². The second kappa shape index (κ2) is 7.27. The number of H-pyrrole nitrogens is 1. The summed E-state index contributed by atoms with van der Waals surface area (Å²) in [6.07, 6.45) is 1.87. The van der Waals surface area contributed by atoms with Crippen molar-refractivity contribution in [3.63, 3.8) is 0 Å². The number of aromatic nitrogens is 2. The maximum Gasteiger partial charge on any atom is 0.119 e. The van der Waals surface area contributed by atoms with Gasteiger partial charge in [0.2, 0.25) is 0 Å². The zero-order chi connectivity index (χ0) is 15.2. The quantitative estimate of drug-likeness (QED) is 0.818. The van der Waals surface area contributed by atoms with Crippen molar-refractivity contribution in [2.24, 2.45) is 5.92 Å². The van der Waals surface area contributed by atoms with Gasteiger partial charge in [-0.25, -0.2) is 0 Å². The van der Waals surface area contributed by atoms with E-state index in [0.29, 0.717) is 12.0 Å². The normalized spacial score (nSPS) is 12.6. The van der Waals surface area contributed by atoms with Crippen molar-refractivity contribution < 1.29 is 4.74 Å². The topological polar surface area (TPSA) is 49.9 Å². The summed E-state index contributed by atoms with van der Waals surface area (Å²) in [6, 6.07) is 8.61. The van der Waals surface area contributed by atoms with Gasteiger partial charge in [0.1, 0.15) is 5.75 Å². The fourth-order valence-corrected chi connectivity index (χ4v) is 2.05. The molecule has 1 atom stereocenters. The molecule has 1 aromatic heterocycles. The van der Waals surface area contributed by atoms with Crippen LogP contribution in [-0.2, 0) is 6.54 Å². The number of ether oxygens (including phenoxy) is 1. The largest absolute Gasteiger partial charge is 0.493 e. The van der Waals surface area contributed by atoms with Gasteiger partial charge in [0.05, 0.1) is 12.8 Å². The molecule has 2 N–H and O–H groups in total. The van der Waals surface area contributed by atoms with E-state index < -0.39 is 0 Å². The van der Waals surface area contributed by atoms with Crippen LogP contribution >= 0.6 is 0 Å². The zero-order valence-corrected chi connectivity index (χ0v) is 13.3. The Morgan fingerprint density at radius 3 is 2.48 bits per heavy atom. The molecule has 2 rings (SSSR count). The van der Waals surface area contributed by atoms with Crippen LogP contribution in [0.1, 0.15) is 43.6 Å². The summed E-state index contributed by atoms with van der Waals surface area (Å²) in [5.74, 6) is 1.48. The van der Waals surface area contributed by atoms with Crippen LogP contribution in [0.15, 0.2) is 30.5 Å². The standard InChI is InChI=1S/C17H25N3O/c1-12(2)11-21-17-7-5-15(6-8-17)13(3)18-9-16-10-19-20-14(16)4/h5-8,10,12-13,18H,9,11H2,1-4H3,(H,19,20). The first-order valence-electron chi connectivity index (χ1n) is 7.51. The summed E-state index contributed by atoms with van der Waals surface area (Å²) in [5.41, 5.74) is 3.58. The molecule has 0 saturated heterocycles. The van der Waals surface area contributed by atoms with Crippen molar-refractivity contribution >= 4 is 0 Å². The first kappa shape index (κ1) is 15.6. The molecule has 0 aliphatic rings. The third kappa shape index (κ3) is 4.60. The SMILES string of the molecule is Cc1[nH]ncc1CNC(C)c1ccc(OCC(C)C)cc1. The number of nitrogens with zero attached hydrogens (tertiary/aromatic N) is 1. The molecule has 21 heavy (non-hydrogen) atoms. The van der Waals surface area contributed by atoms with Crippen molar-refractivity contribution in [3.8, 4) is 5.75 Å². The van der Waals surface area contributed by atoms with Gasteiger partial charge in [-0.2, -0.15) is 5.10 Å². The number of nitrogens with one attached hydrogen (secondary N) is 2. The van der Waals surface area contributed by atoms with Gasteiger partial charge >= 0.3 is 0 Å². The van der Waals surface area contributed by atoms with Gasteiger partial charge in [-0.05, 0) is 37.5 Å². The van der Waals surface area contributed by atoms with Gasteiger partial charge in [0.15, 0.2) is 0 Å². The molecule has 1 heterocycles. The number of hydrogen-bond donors (Lipinski definition) is 2. The van der Waals surface area contributed by atoms with Crippen molar-refractivity contribution in [2.75, 3.05) is 6.61 Å². The maximum absolute atomic E-state index is 5.70. The lowest BCUT2D eigenvalue weighted by Crippen LogP contribution is -2.18. The minimum atomic E-state index is 0.290. The summed E-state index contributed by atoms with van der Waals surface area (Å²) in [6.45, 7) is 10.1. The van der Waals surface area contributed by atoms with Gasteiger partial charge < -0.3 is 10.1 Å². The molecule has 0 fully saturated rings. The maximum atomic E-state index is 5.70. The highest BCUT2D eigenvalue weighted by Gasteiger charge is 2.07. The molecule has 2 aromatic rings. The number of rotatable bonds is 7. The number of benzene rings is 1. The smallest absolute Gasteiger partial charge is 0.119 e. The van der Waals surface area contributed by atoms with Crippen LogP contribution in [0.5, 0.6) is 5.75 Å². The van der Waals surface area contributed by atoms with E-state index in [2.05, 4.69) is 48.4 Å². The Bertz CT molecular complexity index is 545. The van der Waals surface area contributed by atoms with E-state index in [1.165, 1.54) is 11.1 Å². The Kier molecular flexibility index (Phi) is 5.39. The predicted molar refractivity (Wildman–Crippen MR) is 85.4 cm³/mol. The van der Waals surface area contributed by atoms with Crippen molar-refractivity contribution in [1.82, 2.24) is 15.5 Å². The van der Waals surface area contributed by atoms with Crippen LogP contribution in [0.3, 0.4) is 0 Å². The average Bonchev–Trinajstić information content (AvgIpc) is 2.88. The van der Waals surface area contributed by atoms with Crippen LogP contribution in [0.25, 0.3) is 0 Å². The second-order valence-electron chi connectivity index (χ2n) is 5.90. The molecule has 0 radical (unpaired) electrons. The summed E-state index contributed by atoms with van der Waals surface area (Å²) >= 11 is 0. The van der Waals surface area contributed by atoms with E-state index in [1.54, 1.807) is 0 Å². The highest BCUT2D eigenvalue weighted by atomic mass is 16.5. The second-order valence-corrected chi connectivity index (χ2v) is 5.90. The third-order valence-electron chi connectivity index (χ3n) is 3.50. The summed E-state index contributed by atoms with van der Waals surface area (Å²) in [5, 5.41) is 10.5. The Balaban J connectivity index is 1.87. The number of aromatic amines is 1. The van der Waals surface area contributed by atoms with Crippen LogP contribution in [0.4, 0.5) is 0 Å². The number of aryl methyl sites for hydroxylation is 1. The van der Waals surface area contributed by atoms with Gasteiger partial charge in [-0.15, -0.1) is 0 Å². The zero-order valence-electron chi connectivity index (χ0n) is 13.3. The minimum absolute atomic E-state index is 0.290. The predicted octanol–water partition coefficient (Wildman–Crippen LogP) is 3.60. The van der Waals surface area contributed by atoms with Gasteiger partial charge in [-0.3, -0.25) is 5.10 Å². The van der Waals surface area contributed by atoms with E-state index in [-0.39, 0.29) is 0 Å². The van der Waals surface area contributed by atoms with Crippen LogP contribution in [-0.4, -0.2) is 16.8 Å². The monoisotopic (exact) mass is 287 g/mol. The van der Waals surface area contributed by atoms with Gasteiger partial charge in [0, 0.05) is 23.8 Å². The highest BCUT2D eigenvalue weighted by molar-refractivity contribution is 5.29. The van der Waals surface area contributed by atoms with E-state index in [4.69, 9.17) is 4.74 Å². The molecule has 4 heteroatoms. The lowest BCUT2D eigenvalue weighted by molar-refractivity contribution is 0.271. The third-order valence-corrected chi connectivity index (χ3v) is 3.50. The Morgan fingerprint density at radius 1 is 1.19 bits per heavy atom. The van der Waals surface area contributed by atoms with Gasteiger partial charge in [-0.1, -0.05) is 26.0 Å². The van der Waals surface area contributed by atoms with Gasteiger partial charge in [0.25, 0.3) is 0 Å². The van der Waals surface area contributed by atoms with Crippen LogP contribution in [0.2, 0.25) is 0 Å². The summed E-state index contributed by atoms with van der Waals surface area (Å²) < 4.78 is 5.70. The molecule has 0 bridgehead atoms. The molecule has 114 valence electrons. The molecule has 1 aromatic carbocycles. The first-order valence-corrected chi connectivity index (χ1v) is 7.51. The first-order chi connectivity index (χ1) is 10.1. The molecule has 4 nitrogen and oxygen atoms in total. The van der Waals surface area contributed by atoms with Crippen molar-refractivity contribution in [2.45, 2.75) is 40.3 Å². The Hall–Kier alpha value is -1.81. The molecule has 0 amide bonds. The molecular weight excluding hydrogens is 262 g/mol. The van der Waals surface area contributed by atoms with Crippen LogP contribution in [0, 0.1) is 12.8 Å². The average molecular weight is 287 g/mol. The molecule has 0 aliphatic carbocycles. The number of hydrogen-bond acceptors (Lipinski definition) is 3. The minimum Gasteiger partial charge on any atom is -0.493 e. The lowest BCUT2D eigenvalue weighted by atomic mass is 10.1. The van der Waals surface area contributed by atoms with E-state index in [0.717, 1.165) is 24.6 Å². The molecular formula is C17H25N3O. The van der Waals surface area contributed by atoms with Crippen LogP contribution < -0.4 is 10.1 Å². The highest BCUT2D eigenvalue weighted by Crippen LogP contribution is 2.18. The Morgan fingerprint density at radius 2 is 1.90 bits per heavy atom. The van der Waals surface area contributed by atoms with Crippen molar-refractivity contribution in [1.29, 1.82) is 0 Å². The molecule has 0 spiro atoms. The van der Waals surface area contributed by atoms with Crippen molar-refractivity contribution in [3.05, 3.63) is 47.3 Å². The lowest BCUT2D eigenvalue weighted by Gasteiger charge is -2.15.